The van der Waals surface area contributed by atoms with Gasteiger partial charge < -0.3 is 15.5 Å². The SMILES string of the molecule is CC1Cc2cc(NS(=O)(=O)c3cccs3)ccc2N/C(=C(\C#N)C(=O)NC2CCCCC2)N1C. The van der Waals surface area contributed by atoms with Crippen molar-refractivity contribution in [3.8, 4) is 6.07 Å². The summed E-state index contributed by atoms with van der Waals surface area (Å²) in [7, 11) is -1.80. The zero-order chi connectivity index (χ0) is 24.3. The molecule has 2 aliphatic rings. The molecule has 3 N–H and O–H groups in total. The first kappa shape index (κ1) is 24.1. The second-order valence-corrected chi connectivity index (χ2v) is 11.7. The molecular weight excluding hydrogens is 470 g/mol. The van der Waals surface area contributed by atoms with E-state index in [9.17, 15) is 18.5 Å². The lowest BCUT2D eigenvalue weighted by Crippen LogP contribution is -2.39. The van der Waals surface area contributed by atoms with E-state index < -0.39 is 10.0 Å². The van der Waals surface area contributed by atoms with Gasteiger partial charge in [0.15, 0.2) is 5.57 Å². The molecule has 1 atom stereocenters. The van der Waals surface area contributed by atoms with Crippen molar-refractivity contribution in [2.24, 2.45) is 0 Å². The lowest BCUT2D eigenvalue weighted by molar-refractivity contribution is -0.118. The van der Waals surface area contributed by atoms with Crippen LogP contribution in [0.2, 0.25) is 0 Å². The molecule has 1 aliphatic heterocycles. The lowest BCUT2D eigenvalue weighted by Gasteiger charge is -2.28. The van der Waals surface area contributed by atoms with Gasteiger partial charge in [-0.3, -0.25) is 9.52 Å². The van der Waals surface area contributed by atoms with Crippen LogP contribution in [0.5, 0.6) is 0 Å². The number of nitrogens with one attached hydrogen (secondary N) is 3. The van der Waals surface area contributed by atoms with E-state index >= 15 is 0 Å². The summed E-state index contributed by atoms with van der Waals surface area (Å²) >= 11 is 1.16. The summed E-state index contributed by atoms with van der Waals surface area (Å²) < 4.78 is 28.1. The molecule has 1 fully saturated rings. The fraction of sp³-hybridized carbons (Fsp3) is 0.417. The fourth-order valence-corrected chi connectivity index (χ4v) is 6.46. The van der Waals surface area contributed by atoms with E-state index in [-0.39, 0.29) is 27.8 Å². The minimum Gasteiger partial charge on any atom is -0.357 e. The number of likely N-dealkylation sites (N-methyl/N-ethyl adjacent to an activating group) is 1. The Hall–Kier alpha value is -3.03. The largest absolute Gasteiger partial charge is 0.357 e. The summed E-state index contributed by atoms with van der Waals surface area (Å²) in [5.41, 5.74) is 2.15. The van der Waals surface area contributed by atoms with Gasteiger partial charge in [-0.2, -0.15) is 5.26 Å². The quantitative estimate of drug-likeness (QED) is 0.423. The van der Waals surface area contributed by atoms with Crippen LogP contribution in [0.3, 0.4) is 0 Å². The van der Waals surface area contributed by atoms with E-state index in [2.05, 4.69) is 21.4 Å². The molecule has 0 radical (unpaired) electrons. The molecule has 10 heteroatoms. The second-order valence-electron chi connectivity index (χ2n) is 8.84. The summed E-state index contributed by atoms with van der Waals surface area (Å²) in [6.45, 7) is 2.01. The molecule has 1 saturated carbocycles. The van der Waals surface area contributed by atoms with Gasteiger partial charge >= 0.3 is 0 Å². The highest BCUT2D eigenvalue weighted by Gasteiger charge is 2.28. The van der Waals surface area contributed by atoms with Gasteiger partial charge in [0.1, 0.15) is 16.1 Å². The van der Waals surface area contributed by atoms with Crippen LogP contribution in [0.25, 0.3) is 0 Å². The molecular formula is C24H29N5O3S2. The van der Waals surface area contributed by atoms with Gasteiger partial charge in [0, 0.05) is 30.5 Å². The smallest absolute Gasteiger partial charge is 0.271 e. The maximum absolute atomic E-state index is 13.0. The Balaban J connectivity index is 1.61. The van der Waals surface area contributed by atoms with Crippen molar-refractivity contribution in [3.63, 3.8) is 0 Å². The Morgan fingerprint density at radius 1 is 1.24 bits per heavy atom. The number of anilines is 2. The van der Waals surface area contributed by atoms with E-state index in [0.717, 1.165) is 48.3 Å². The molecule has 1 unspecified atom stereocenters. The third kappa shape index (κ3) is 5.21. The first-order valence-electron chi connectivity index (χ1n) is 11.4. The van der Waals surface area contributed by atoms with Gasteiger partial charge in [0.2, 0.25) is 0 Å². The van der Waals surface area contributed by atoms with Crippen LogP contribution >= 0.6 is 11.3 Å². The number of thiophene rings is 1. The summed E-state index contributed by atoms with van der Waals surface area (Å²) in [4.78, 5) is 14.9. The number of nitrogens with zero attached hydrogens (tertiary/aromatic N) is 2. The number of carbonyl (C=O) groups is 1. The first-order valence-corrected chi connectivity index (χ1v) is 13.8. The highest BCUT2D eigenvalue weighted by Crippen LogP contribution is 2.31. The normalized spacial score (nSPS) is 20.4. The molecule has 34 heavy (non-hydrogen) atoms. The van der Waals surface area contributed by atoms with Crippen LogP contribution in [0, 0.1) is 11.3 Å². The summed E-state index contributed by atoms with van der Waals surface area (Å²) in [6, 6.07) is 10.7. The van der Waals surface area contributed by atoms with Gasteiger partial charge in [-0.25, -0.2) is 8.42 Å². The van der Waals surface area contributed by atoms with E-state index in [1.807, 2.05) is 18.9 Å². The highest BCUT2D eigenvalue weighted by molar-refractivity contribution is 7.94. The minimum atomic E-state index is -3.65. The summed E-state index contributed by atoms with van der Waals surface area (Å²) in [6.07, 6.45) is 5.84. The zero-order valence-electron chi connectivity index (χ0n) is 19.3. The van der Waals surface area contributed by atoms with Crippen LogP contribution in [0.4, 0.5) is 11.4 Å². The van der Waals surface area contributed by atoms with Gasteiger partial charge in [-0.15, -0.1) is 11.3 Å². The molecule has 4 rings (SSSR count). The number of nitriles is 1. The number of sulfonamides is 1. The van der Waals surface area contributed by atoms with Crippen molar-refractivity contribution >= 4 is 38.6 Å². The topological polar surface area (TPSA) is 114 Å². The Morgan fingerprint density at radius 2 is 2.00 bits per heavy atom. The van der Waals surface area contributed by atoms with E-state index in [1.165, 1.54) is 6.42 Å². The van der Waals surface area contributed by atoms with Crippen molar-refractivity contribution in [3.05, 3.63) is 52.7 Å². The number of benzene rings is 1. The van der Waals surface area contributed by atoms with Crippen LogP contribution < -0.4 is 15.4 Å². The number of hydrogen-bond acceptors (Lipinski definition) is 7. The number of hydrogen-bond donors (Lipinski definition) is 3. The number of fused-ring (bicyclic) bond motifs is 1. The van der Waals surface area contributed by atoms with Crippen molar-refractivity contribution in [2.45, 2.75) is 61.7 Å². The molecule has 0 saturated heterocycles. The van der Waals surface area contributed by atoms with Gasteiger partial charge in [0.05, 0.1) is 0 Å². The second kappa shape index (κ2) is 10.1. The molecule has 8 nitrogen and oxygen atoms in total. The van der Waals surface area contributed by atoms with Gasteiger partial charge in [-0.1, -0.05) is 25.3 Å². The summed E-state index contributed by atoms with van der Waals surface area (Å²) in [5.74, 6) is 0.0914. The predicted molar refractivity (Wildman–Crippen MR) is 134 cm³/mol. The number of rotatable bonds is 5. The van der Waals surface area contributed by atoms with Gasteiger partial charge in [0.25, 0.3) is 15.9 Å². The monoisotopic (exact) mass is 499 g/mol. The molecule has 1 aromatic carbocycles. The molecule has 2 heterocycles. The predicted octanol–water partition coefficient (Wildman–Crippen LogP) is 4.02. The molecule has 180 valence electrons. The van der Waals surface area contributed by atoms with E-state index in [4.69, 9.17) is 0 Å². The first-order chi connectivity index (χ1) is 16.3. The third-order valence-corrected chi connectivity index (χ3v) is 9.19. The molecule has 1 aromatic heterocycles. The molecule has 1 aliphatic carbocycles. The Morgan fingerprint density at radius 3 is 2.68 bits per heavy atom. The van der Waals surface area contributed by atoms with Crippen LogP contribution in [0.1, 0.15) is 44.6 Å². The molecule has 1 amide bonds. The van der Waals surface area contributed by atoms with Gasteiger partial charge in [-0.05, 0) is 61.4 Å². The number of carbonyl (C=O) groups excluding carboxylic acids is 1. The van der Waals surface area contributed by atoms with Crippen LogP contribution in [-0.4, -0.2) is 38.4 Å². The lowest BCUT2D eigenvalue weighted by atomic mass is 9.95. The maximum Gasteiger partial charge on any atom is 0.271 e. The standard InChI is InChI=1S/C24H29N5O3S2/c1-16-13-17-14-19(28-34(31,32)22-9-6-12-33-22)10-11-21(17)27-23(29(16)2)20(15-25)24(30)26-18-7-4-3-5-8-18/h6,9-12,14,16,18,27-28H,3-5,7-8,13H2,1-2H3,(H,26,30)/b23-20-. The van der Waals surface area contributed by atoms with Crippen molar-refractivity contribution in [2.75, 3.05) is 17.1 Å². The summed E-state index contributed by atoms with van der Waals surface area (Å²) in [5, 5.41) is 17.9. The minimum absolute atomic E-state index is 0.0290. The zero-order valence-corrected chi connectivity index (χ0v) is 20.9. The average Bonchev–Trinajstić information content (AvgIpc) is 3.33. The molecule has 2 aromatic rings. The van der Waals surface area contributed by atoms with Crippen LogP contribution in [0.15, 0.2) is 51.3 Å². The fourth-order valence-electron chi connectivity index (χ4n) is 4.42. The van der Waals surface area contributed by atoms with Crippen molar-refractivity contribution in [1.29, 1.82) is 5.26 Å². The van der Waals surface area contributed by atoms with Crippen LogP contribution in [-0.2, 0) is 21.2 Å². The third-order valence-electron chi connectivity index (χ3n) is 6.42. The number of amides is 1. The van der Waals surface area contributed by atoms with Crippen molar-refractivity contribution < 1.29 is 13.2 Å². The Bertz CT molecular complexity index is 1230. The maximum atomic E-state index is 13.0. The van der Waals surface area contributed by atoms with E-state index in [1.54, 1.807) is 35.7 Å². The van der Waals surface area contributed by atoms with Crippen molar-refractivity contribution in [1.82, 2.24) is 10.2 Å². The Labute approximate surface area is 204 Å². The molecule has 0 bridgehead atoms. The highest BCUT2D eigenvalue weighted by atomic mass is 32.2. The average molecular weight is 500 g/mol. The molecule has 0 spiro atoms. The van der Waals surface area contributed by atoms with E-state index in [0.29, 0.717) is 17.9 Å². The Kier molecular flexibility index (Phi) is 7.14.